The van der Waals surface area contributed by atoms with Crippen molar-refractivity contribution in [3.8, 4) is 0 Å². The van der Waals surface area contributed by atoms with Gasteiger partial charge >= 0.3 is 0 Å². The molecular weight excluding hydrogens is 314 g/mol. The molecule has 1 aliphatic heterocycles. The lowest BCUT2D eigenvalue weighted by Gasteiger charge is -2.36. The number of hydrogen-bond donors (Lipinski definition) is 0. The largest absolute Gasteiger partial charge is 0.339 e. The normalized spacial score (nSPS) is 17.4. The van der Waals surface area contributed by atoms with Gasteiger partial charge in [-0.1, -0.05) is 30.3 Å². The first-order valence-electron chi connectivity index (χ1n) is 8.45. The summed E-state index contributed by atoms with van der Waals surface area (Å²) in [6.45, 7) is 1.59. The first-order chi connectivity index (χ1) is 12.1. The number of benzene rings is 1. The van der Waals surface area contributed by atoms with Crippen LogP contribution >= 0.6 is 0 Å². The maximum atomic E-state index is 12.9. The summed E-state index contributed by atoms with van der Waals surface area (Å²) in [5.74, 6) is -0.0386. The van der Waals surface area contributed by atoms with E-state index in [9.17, 15) is 4.79 Å². The van der Waals surface area contributed by atoms with Crippen LogP contribution in [0.2, 0.25) is 0 Å². The zero-order valence-corrected chi connectivity index (χ0v) is 14.5. The number of carbonyl (C=O) groups excluding carboxylic acids is 1. The van der Waals surface area contributed by atoms with E-state index in [1.54, 1.807) is 15.5 Å². The van der Waals surface area contributed by atoms with Gasteiger partial charge in [-0.15, -0.1) is 0 Å². The third-order valence-electron chi connectivity index (χ3n) is 4.97. The minimum absolute atomic E-state index is 0.0386. The molecule has 3 aromatic rings. The van der Waals surface area contributed by atoms with E-state index in [1.165, 1.54) is 17.5 Å². The Morgan fingerprint density at radius 3 is 2.84 bits per heavy atom. The fraction of sp³-hybridized carbons (Fsp3) is 0.316. The van der Waals surface area contributed by atoms with E-state index in [0.29, 0.717) is 23.9 Å². The van der Waals surface area contributed by atoms with Gasteiger partial charge in [-0.2, -0.15) is 5.10 Å². The molecule has 3 heterocycles. The number of carbonyl (C=O) groups is 1. The minimum atomic E-state index is -0.0386. The second kappa shape index (κ2) is 6.29. The Morgan fingerprint density at radius 2 is 2.00 bits per heavy atom. The molecule has 1 aliphatic rings. The first-order valence-corrected chi connectivity index (χ1v) is 8.45. The van der Waals surface area contributed by atoms with Crippen LogP contribution in [0.1, 0.15) is 21.6 Å². The molecule has 1 aromatic carbocycles. The van der Waals surface area contributed by atoms with Crippen LogP contribution in [0.3, 0.4) is 0 Å². The molecule has 0 saturated heterocycles. The van der Waals surface area contributed by atoms with Gasteiger partial charge in [-0.25, -0.2) is 9.50 Å². The summed E-state index contributed by atoms with van der Waals surface area (Å²) in [6.07, 6.45) is 2.43. The molecule has 6 heteroatoms. The number of aromatic nitrogens is 3. The van der Waals surface area contributed by atoms with E-state index in [1.807, 2.05) is 19.2 Å². The summed E-state index contributed by atoms with van der Waals surface area (Å²) in [6, 6.07) is 14.3. The monoisotopic (exact) mass is 335 g/mol. The van der Waals surface area contributed by atoms with E-state index in [4.69, 9.17) is 0 Å². The van der Waals surface area contributed by atoms with Gasteiger partial charge in [-0.05, 0) is 36.7 Å². The Kier molecular flexibility index (Phi) is 3.97. The van der Waals surface area contributed by atoms with Crippen molar-refractivity contribution < 1.29 is 4.79 Å². The molecule has 0 radical (unpaired) electrons. The van der Waals surface area contributed by atoms with Crippen LogP contribution in [0.25, 0.3) is 5.65 Å². The molecule has 128 valence electrons. The van der Waals surface area contributed by atoms with Crippen molar-refractivity contribution in [2.45, 2.75) is 19.0 Å². The average Bonchev–Trinajstić information content (AvgIpc) is 3.10. The highest BCUT2D eigenvalue weighted by molar-refractivity contribution is 5.93. The smallest absolute Gasteiger partial charge is 0.272 e. The van der Waals surface area contributed by atoms with Crippen LogP contribution < -0.4 is 0 Å². The highest BCUT2D eigenvalue weighted by atomic mass is 16.2. The van der Waals surface area contributed by atoms with Crippen LogP contribution in [0.5, 0.6) is 0 Å². The van der Waals surface area contributed by atoms with E-state index >= 15 is 0 Å². The van der Waals surface area contributed by atoms with Gasteiger partial charge in [0.1, 0.15) is 12.0 Å². The lowest BCUT2D eigenvalue weighted by atomic mass is 9.94. The predicted octanol–water partition coefficient (Wildman–Crippen LogP) is 1.86. The van der Waals surface area contributed by atoms with Crippen molar-refractivity contribution in [2.24, 2.45) is 0 Å². The minimum Gasteiger partial charge on any atom is -0.339 e. The highest BCUT2D eigenvalue weighted by Gasteiger charge is 2.26. The number of fused-ring (bicyclic) bond motifs is 2. The molecule has 1 amide bonds. The third kappa shape index (κ3) is 2.89. The fourth-order valence-electron chi connectivity index (χ4n) is 3.52. The second-order valence-corrected chi connectivity index (χ2v) is 6.67. The molecule has 1 unspecified atom stereocenters. The van der Waals surface area contributed by atoms with Crippen LogP contribution in [-0.4, -0.2) is 57.0 Å². The first kappa shape index (κ1) is 15.8. The van der Waals surface area contributed by atoms with Crippen LogP contribution in [-0.2, 0) is 13.0 Å². The Balaban J connectivity index is 1.53. The van der Waals surface area contributed by atoms with Gasteiger partial charge in [0, 0.05) is 26.2 Å². The van der Waals surface area contributed by atoms with Gasteiger partial charge in [0.15, 0.2) is 5.65 Å². The van der Waals surface area contributed by atoms with Crippen molar-refractivity contribution in [3.63, 3.8) is 0 Å². The quantitative estimate of drug-likeness (QED) is 0.733. The fourth-order valence-corrected chi connectivity index (χ4v) is 3.52. The molecule has 0 spiro atoms. The molecule has 0 aliphatic carbocycles. The Hall–Kier alpha value is -2.73. The molecule has 25 heavy (non-hydrogen) atoms. The Bertz CT molecular complexity index is 919. The summed E-state index contributed by atoms with van der Waals surface area (Å²) in [5.41, 5.74) is 3.98. The molecule has 0 saturated carbocycles. The van der Waals surface area contributed by atoms with Gasteiger partial charge in [0.2, 0.25) is 0 Å². The zero-order valence-electron chi connectivity index (χ0n) is 14.5. The van der Waals surface area contributed by atoms with E-state index in [-0.39, 0.29) is 5.91 Å². The maximum Gasteiger partial charge on any atom is 0.272 e. The Labute approximate surface area is 146 Å². The van der Waals surface area contributed by atoms with Crippen molar-refractivity contribution >= 4 is 11.6 Å². The lowest BCUT2D eigenvalue weighted by molar-refractivity contribution is 0.0725. The molecule has 1 atom stereocenters. The second-order valence-electron chi connectivity index (χ2n) is 6.67. The van der Waals surface area contributed by atoms with Crippen molar-refractivity contribution in [1.29, 1.82) is 0 Å². The van der Waals surface area contributed by atoms with E-state index in [2.05, 4.69) is 46.3 Å². The molecule has 2 aromatic heterocycles. The van der Waals surface area contributed by atoms with Gasteiger partial charge < -0.3 is 4.90 Å². The molecule has 0 fully saturated rings. The lowest BCUT2D eigenvalue weighted by Crippen LogP contribution is -2.46. The SMILES string of the molecule is CN(CC1Cc2ccccc2CN1C)C(=O)c1cccc2ncnn12. The number of likely N-dealkylation sites (N-methyl/N-ethyl adjacent to an activating group) is 2. The van der Waals surface area contributed by atoms with Crippen LogP contribution in [0.4, 0.5) is 0 Å². The number of nitrogens with zero attached hydrogens (tertiary/aromatic N) is 5. The summed E-state index contributed by atoms with van der Waals surface area (Å²) in [4.78, 5) is 21.2. The zero-order chi connectivity index (χ0) is 17.4. The maximum absolute atomic E-state index is 12.9. The number of pyridine rings is 1. The Morgan fingerprint density at radius 1 is 1.20 bits per heavy atom. The van der Waals surface area contributed by atoms with Gasteiger partial charge in [0.05, 0.1) is 0 Å². The van der Waals surface area contributed by atoms with Gasteiger partial charge in [0.25, 0.3) is 5.91 Å². The van der Waals surface area contributed by atoms with E-state index < -0.39 is 0 Å². The summed E-state index contributed by atoms with van der Waals surface area (Å²) in [7, 11) is 3.98. The topological polar surface area (TPSA) is 53.7 Å². The van der Waals surface area contributed by atoms with Crippen molar-refractivity contribution in [2.75, 3.05) is 20.6 Å². The van der Waals surface area contributed by atoms with Crippen LogP contribution in [0, 0.1) is 0 Å². The summed E-state index contributed by atoms with van der Waals surface area (Å²) in [5, 5.41) is 4.16. The van der Waals surface area contributed by atoms with Crippen LogP contribution in [0.15, 0.2) is 48.8 Å². The standard InChI is InChI=1S/C19H21N5O/c1-22-11-15-7-4-3-6-14(15)10-16(22)12-23(2)19(25)17-8-5-9-18-20-13-21-24(17)18/h3-9,13,16H,10-12H2,1-2H3. The molecule has 6 nitrogen and oxygen atoms in total. The molecule has 0 bridgehead atoms. The molecule has 0 N–H and O–H groups in total. The number of amides is 1. The number of hydrogen-bond acceptors (Lipinski definition) is 4. The number of rotatable bonds is 3. The molecule has 4 rings (SSSR count). The summed E-state index contributed by atoms with van der Waals surface area (Å²) >= 11 is 0. The molecular formula is C19H21N5O. The van der Waals surface area contributed by atoms with E-state index in [0.717, 1.165) is 13.0 Å². The van der Waals surface area contributed by atoms with Crippen molar-refractivity contribution in [1.82, 2.24) is 24.4 Å². The average molecular weight is 335 g/mol. The van der Waals surface area contributed by atoms with Gasteiger partial charge in [-0.3, -0.25) is 9.69 Å². The predicted molar refractivity (Wildman–Crippen MR) is 95.3 cm³/mol. The summed E-state index contributed by atoms with van der Waals surface area (Å²) < 4.78 is 1.60. The third-order valence-corrected chi connectivity index (χ3v) is 4.97. The highest BCUT2D eigenvalue weighted by Crippen LogP contribution is 2.22. The van der Waals surface area contributed by atoms with Crippen molar-refractivity contribution in [3.05, 3.63) is 65.6 Å².